The summed E-state index contributed by atoms with van der Waals surface area (Å²) in [6.45, 7) is 5.67. The van der Waals surface area contributed by atoms with E-state index >= 15 is 0 Å². The van der Waals surface area contributed by atoms with E-state index in [-0.39, 0.29) is 0 Å². The first kappa shape index (κ1) is 15.1. The number of hydrogen-bond donors (Lipinski definition) is 0. The summed E-state index contributed by atoms with van der Waals surface area (Å²) >= 11 is 0. The van der Waals surface area contributed by atoms with Gasteiger partial charge in [-0.2, -0.15) is 0 Å². The molecule has 0 rings (SSSR count). The summed E-state index contributed by atoms with van der Waals surface area (Å²) in [7, 11) is 6.83. The second-order valence-electron chi connectivity index (χ2n) is 4.19. The fourth-order valence-corrected chi connectivity index (χ4v) is 2.32. The third kappa shape index (κ3) is 10.3. The van der Waals surface area contributed by atoms with Crippen LogP contribution >= 0.6 is 0 Å². The Kier molecular flexibility index (Phi) is 9.33. The molecule has 4 nitrogen and oxygen atoms in total. The van der Waals surface area contributed by atoms with Gasteiger partial charge in [-0.05, 0) is 34.2 Å². The highest BCUT2D eigenvalue weighted by Crippen LogP contribution is 1.96. The van der Waals surface area contributed by atoms with Crippen molar-refractivity contribution in [3.05, 3.63) is 0 Å². The third-order valence-electron chi connectivity index (χ3n) is 2.02. The predicted octanol–water partition coefficient (Wildman–Crippen LogP) is 0.383. The first-order valence-electron chi connectivity index (χ1n) is 5.59. The molecule has 0 aliphatic carbocycles. The zero-order chi connectivity index (χ0) is 11.7. The SMILES string of the molecule is CC[SiH](OCCN(C)C)OCCN(C)C. The summed E-state index contributed by atoms with van der Waals surface area (Å²) in [4.78, 5) is 4.25. The summed E-state index contributed by atoms with van der Waals surface area (Å²) in [6, 6.07) is 1.04. The van der Waals surface area contributed by atoms with Gasteiger partial charge in [-0.15, -0.1) is 0 Å². The van der Waals surface area contributed by atoms with Gasteiger partial charge in [0.25, 0.3) is 0 Å². The Bertz CT molecular complexity index is 131. The lowest BCUT2D eigenvalue weighted by Crippen LogP contribution is -2.29. The Balaban J connectivity index is 3.46. The lowest BCUT2D eigenvalue weighted by molar-refractivity contribution is 0.169. The predicted molar refractivity (Wildman–Crippen MR) is 66.6 cm³/mol. The van der Waals surface area contributed by atoms with E-state index in [0.717, 1.165) is 32.3 Å². The van der Waals surface area contributed by atoms with Crippen molar-refractivity contribution in [3.8, 4) is 0 Å². The van der Waals surface area contributed by atoms with Crippen molar-refractivity contribution in [2.24, 2.45) is 0 Å². The molecule has 0 atom stereocenters. The fourth-order valence-electron chi connectivity index (χ4n) is 1.02. The van der Waals surface area contributed by atoms with Crippen molar-refractivity contribution in [2.75, 3.05) is 54.5 Å². The quantitative estimate of drug-likeness (QED) is 0.539. The Morgan fingerprint density at radius 1 is 0.867 bits per heavy atom. The van der Waals surface area contributed by atoms with Crippen LogP contribution in [0.15, 0.2) is 0 Å². The smallest absolute Gasteiger partial charge is 0.321 e. The van der Waals surface area contributed by atoms with Gasteiger partial charge in [-0.1, -0.05) is 6.92 Å². The maximum atomic E-state index is 5.74. The number of hydrogen-bond acceptors (Lipinski definition) is 4. The topological polar surface area (TPSA) is 24.9 Å². The standard InChI is InChI=1S/C10H26N2O2Si/c1-6-15(13-9-7-11(2)3)14-10-8-12(4)5/h15H,6-10H2,1-5H3. The van der Waals surface area contributed by atoms with Crippen molar-refractivity contribution in [1.82, 2.24) is 9.80 Å². The van der Waals surface area contributed by atoms with E-state index in [9.17, 15) is 0 Å². The molecule has 92 valence electrons. The minimum atomic E-state index is -1.38. The van der Waals surface area contributed by atoms with Gasteiger partial charge < -0.3 is 18.7 Å². The highest BCUT2D eigenvalue weighted by molar-refractivity contribution is 6.44. The van der Waals surface area contributed by atoms with Crippen LogP contribution in [0.3, 0.4) is 0 Å². The van der Waals surface area contributed by atoms with Gasteiger partial charge >= 0.3 is 9.28 Å². The van der Waals surface area contributed by atoms with Gasteiger partial charge in [0.15, 0.2) is 0 Å². The molecule has 0 aromatic rings. The van der Waals surface area contributed by atoms with E-state index in [1.54, 1.807) is 0 Å². The molecular weight excluding hydrogens is 208 g/mol. The Hall–Kier alpha value is 0.0569. The van der Waals surface area contributed by atoms with Crippen LogP contribution in [-0.4, -0.2) is 73.6 Å². The highest BCUT2D eigenvalue weighted by atomic mass is 28.3. The van der Waals surface area contributed by atoms with Crippen LogP contribution in [0.1, 0.15) is 6.92 Å². The van der Waals surface area contributed by atoms with Crippen molar-refractivity contribution in [2.45, 2.75) is 13.0 Å². The first-order chi connectivity index (χ1) is 7.06. The van der Waals surface area contributed by atoms with Gasteiger partial charge in [0.1, 0.15) is 0 Å². The Labute approximate surface area is 96.0 Å². The molecule has 0 fully saturated rings. The van der Waals surface area contributed by atoms with E-state index in [1.807, 2.05) is 0 Å². The van der Waals surface area contributed by atoms with Gasteiger partial charge in [0.05, 0.1) is 0 Å². The minimum absolute atomic E-state index is 0.791. The van der Waals surface area contributed by atoms with Crippen LogP contribution in [0, 0.1) is 0 Å². The molecule has 5 heteroatoms. The molecule has 0 aliphatic heterocycles. The van der Waals surface area contributed by atoms with E-state index < -0.39 is 9.28 Å². The normalized spacial score (nSPS) is 12.0. The lowest BCUT2D eigenvalue weighted by Gasteiger charge is -2.18. The van der Waals surface area contributed by atoms with E-state index in [2.05, 4.69) is 44.9 Å². The van der Waals surface area contributed by atoms with Gasteiger partial charge in [0.2, 0.25) is 0 Å². The van der Waals surface area contributed by atoms with Crippen LogP contribution in [0.25, 0.3) is 0 Å². The molecule has 0 spiro atoms. The van der Waals surface area contributed by atoms with Crippen LogP contribution in [0.5, 0.6) is 0 Å². The van der Waals surface area contributed by atoms with Crippen molar-refractivity contribution in [3.63, 3.8) is 0 Å². The zero-order valence-electron chi connectivity index (χ0n) is 10.8. The fraction of sp³-hybridized carbons (Fsp3) is 1.00. The molecule has 0 saturated heterocycles. The highest BCUT2D eigenvalue weighted by Gasteiger charge is 2.10. The summed E-state index contributed by atoms with van der Waals surface area (Å²) in [5.74, 6) is 0. The molecule has 0 aromatic heterocycles. The first-order valence-corrected chi connectivity index (χ1v) is 7.34. The molecule has 0 heterocycles. The van der Waals surface area contributed by atoms with E-state index in [0.29, 0.717) is 0 Å². The second kappa shape index (κ2) is 9.29. The van der Waals surface area contributed by atoms with Crippen molar-refractivity contribution in [1.29, 1.82) is 0 Å². The number of nitrogens with zero attached hydrogens (tertiary/aromatic N) is 2. The van der Waals surface area contributed by atoms with Gasteiger partial charge in [0, 0.05) is 26.3 Å². The summed E-state index contributed by atoms with van der Waals surface area (Å²) < 4.78 is 11.5. The molecule has 0 amide bonds. The molecule has 0 radical (unpaired) electrons. The average Bonchev–Trinajstić information content (AvgIpc) is 2.14. The molecule has 0 aliphatic rings. The van der Waals surface area contributed by atoms with Crippen LogP contribution in [0.4, 0.5) is 0 Å². The number of likely N-dealkylation sites (N-methyl/N-ethyl adjacent to an activating group) is 2. The van der Waals surface area contributed by atoms with E-state index in [4.69, 9.17) is 8.85 Å². The van der Waals surface area contributed by atoms with Crippen LogP contribution in [-0.2, 0) is 8.85 Å². The molecule has 0 aromatic carbocycles. The summed E-state index contributed by atoms with van der Waals surface area (Å²) in [6.07, 6.45) is 0. The Morgan fingerprint density at radius 2 is 1.27 bits per heavy atom. The largest absolute Gasteiger partial charge is 0.395 e. The van der Waals surface area contributed by atoms with Crippen LogP contribution in [0.2, 0.25) is 6.04 Å². The third-order valence-corrected chi connectivity index (χ3v) is 3.90. The maximum Gasteiger partial charge on any atom is 0.321 e. The lowest BCUT2D eigenvalue weighted by atomic mass is 10.6. The number of rotatable bonds is 9. The van der Waals surface area contributed by atoms with Gasteiger partial charge in [-0.3, -0.25) is 0 Å². The monoisotopic (exact) mass is 234 g/mol. The second-order valence-corrected chi connectivity index (χ2v) is 6.53. The molecule has 0 saturated carbocycles. The van der Waals surface area contributed by atoms with Gasteiger partial charge in [-0.25, -0.2) is 0 Å². The molecule has 0 unspecified atom stereocenters. The summed E-state index contributed by atoms with van der Waals surface area (Å²) in [5, 5.41) is 0. The molecule has 15 heavy (non-hydrogen) atoms. The zero-order valence-corrected chi connectivity index (χ0v) is 12.0. The molecule has 0 N–H and O–H groups in total. The maximum absolute atomic E-state index is 5.74. The van der Waals surface area contributed by atoms with Crippen LogP contribution < -0.4 is 0 Å². The van der Waals surface area contributed by atoms with E-state index in [1.165, 1.54) is 0 Å². The molecule has 0 bridgehead atoms. The van der Waals surface area contributed by atoms with Crippen molar-refractivity contribution < 1.29 is 8.85 Å². The summed E-state index contributed by atoms with van der Waals surface area (Å²) in [5.41, 5.74) is 0. The van der Waals surface area contributed by atoms with Crippen molar-refractivity contribution >= 4 is 9.28 Å². The molecular formula is C10H26N2O2Si. The average molecular weight is 234 g/mol. The Morgan fingerprint density at radius 3 is 1.53 bits per heavy atom. The minimum Gasteiger partial charge on any atom is -0.395 e.